The molecule has 2 fully saturated rings. The van der Waals surface area contributed by atoms with Crippen molar-refractivity contribution in [3.63, 3.8) is 0 Å². The van der Waals surface area contributed by atoms with E-state index in [1.165, 1.54) is 0 Å². The van der Waals surface area contributed by atoms with Crippen molar-refractivity contribution < 1.29 is 9.59 Å². The molecule has 5 heteroatoms. The third kappa shape index (κ3) is 3.69. The normalized spacial score (nSPS) is 23.7. The van der Waals surface area contributed by atoms with Crippen molar-refractivity contribution >= 4 is 11.8 Å². The molecule has 0 radical (unpaired) electrons. The van der Waals surface area contributed by atoms with Crippen LogP contribution in [0, 0.1) is 0 Å². The highest BCUT2D eigenvalue weighted by Crippen LogP contribution is 2.13. The fourth-order valence-corrected chi connectivity index (χ4v) is 2.94. The lowest BCUT2D eigenvalue weighted by Gasteiger charge is -2.32. The molecular weight excluding hydrogens is 242 g/mol. The van der Waals surface area contributed by atoms with Crippen LogP contribution in [0.25, 0.3) is 0 Å². The van der Waals surface area contributed by atoms with E-state index in [-0.39, 0.29) is 18.4 Å². The summed E-state index contributed by atoms with van der Waals surface area (Å²) in [5.74, 6) is 0.256. The first-order valence-electron chi connectivity index (χ1n) is 7.50. The predicted octanol–water partition coefficient (Wildman–Crippen LogP) is 0.599. The zero-order chi connectivity index (χ0) is 13.7. The molecule has 2 rings (SSSR count). The number of likely N-dealkylation sites (tertiary alicyclic amines) is 1. The Labute approximate surface area is 115 Å². The van der Waals surface area contributed by atoms with Crippen LogP contribution < -0.4 is 5.32 Å². The summed E-state index contributed by atoms with van der Waals surface area (Å²) in [5.41, 5.74) is 0. The number of carbonyl (C=O) groups excluding carboxylic acids is 2. The van der Waals surface area contributed by atoms with Gasteiger partial charge in [0.1, 0.15) is 0 Å². The molecule has 0 aromatic heterocycles. The molecule has 1 N–H and O–H groups in total. The Hall–Kier alpha value is -1.10. The van der Waals surface area contributed by atoms with Crippen LogP contribution in [-0.4, -0.2) is 60.4 Å². The molecule has 2 aliphatic heterocycles. The van der Waals surface area contributed by atoms with E-state index >= 15 is 0 Å². The van der Waals surface area contributed by atoms with Crippen molar-refractivity contribution in [2.45, 2.75) is 45.1 Å². The summed E-state index contributed by atoms with van der Waals surface area (Å²) in [5, 5.41) is 3.30. The van der Waals surface area contributed by atoms with Crippen molar-refractivity contribution in [2.24, 2.45) is 0 Å². The highest BCUT2D eigenvalue weighted by Gasteiger charge is 2.28. The summed E-state index contributed by atoms with van der Waals surface area (Å²) >= 11 is 0. The van der Waals surface area contributed by atoms with Crippen molar-refractivity contribution in [3.8, 4) is 0 Å². The van der Waals surface area contributed by atoms with Gasteiger partial charge in [-0.05, 0) is 32.2 Å². The van der Waals surface area contributed by atoms with Gasteiger partial charge >= 0.3 is 0 Å². The minimum atomic E-state index is 0.116. The van der Waals surface area contributed by atoms with Gasteiger partial charge in [-0.2, -0.15) is 0 Å². The fourth-order valence-electron chi connectivity index (χ4n) is 2.94. The maximum Gasteiger partial charge on any atom is 0.242 e. The van der Waals surface area contributed by atoms with E-state index in [1.807, 2.05) is 4.90 Å². The molecule has 2 saturated heterocycles. The van der Waals surface area contributed by atoms with E-state index in [1.54, 1.807) is 4.90 Å². The highest BCUT2D eigenvalue weighted by molar-refractivity contribution is 5.85. The second kappa shape index (κ2) is 6.89. The standard InChI is InChI=1S/C14H25N3O2/c1-2-8-17(12-6-7-15-10-12)14(19)11-16-9-4-3-5-13(16)18/h12,15H,2-11H2,1H3. The number of rotatable bonds is 5. The minimum absolute atomic E-state index is 0.116. The molecule has 5 nitrogen and oxygen atoms in total. The summed E-state index contributed by atoms with van der Waals surface area (Å²) in [7, 11) is 0. The molecule has 0 spiro atoms. The van der Waals surface area contributed by atoms with Gasteiger partial charge in [-0.3, -0.25) is 9.59 Å². The summed E-state index contributed by atoms with van der Waals surface area (Å²) < 4.78 is 0. The van der Waals surface area contributed by atoms with Crippen LogP contribution in [0.4, 0.5) is 0 Å². The first kappa shape index (κ1) is 14.3. The van der Waals surface area contributed by atoms with Crippen LogP contribution >= 0.6 is 0 Å². The maximum absolute atomic E-state index is 12.4. The number of hydrogen-bond donors (Lipinski definition) is 1. The van der Waals surface area contributed by atoms with Gasteiger partial charge in [0.05, 0.1) is 6.54 Å². The van der Waals surface area contributed by atoms with Crippen molar-refractivity contribution in [3.05, 3.63) is 0 Å². The lowest BCUT2D eigenvalue weighted by Crippen LogP contribution is -2.49. The molecule has 0 bridgehead atoms. The van der Waals surface area contributed by atoms with E-state index in [2.05, 4.69) is 12.2 Å². The fraction of sp³-hybridized carbons (Fsp3) is 0.857. The Balaban J connectivity index is 1.92. The number of amides is 2. The maximum atomic E-state index is 12.4. The molecule has 0 aromatic carbocycles. The van der Waals surface area contributed by atoms with Crippen molar-refractivity contribution in [1.29, 1.82) is 0 Å². The van der Waals surface area contributed by atoms with E-state index in [9.17, 15) is 9.59 Å². The van der Waals surface area contributed by atoms with Gasteiger partial charge in [0.2, 0.25) is 11.8 Å². The monoisotopic (exact) mass is 267 g/mol. The minimum Gasteiger partial charge on any atom is -0.337 e. The molecule has 0 aromatic rings. The van der Waals surface area contributed by atoms with Crippen molar-refractivity contribution in [2.75, 3.05) is 32.7 Å². The summed E-state index contributed by atoms with van der Waals surface area (Å²) in [6.45, 7) is 5.78. The molecule has 2 heterocycles. The van der Waals surface area contributed by atoms with E-state index < -0.39 is 0 Å². The Morgan fingerprint density at radius 2 is 2.32 bits per heavy atom. The van der Waals surface area contributed by atoms with Crippen LogP contribution in [0.3, 0.4) is 0 Å². The average molecular weight is 267 g/mol. The van der Waals surface area contributed by atoms with Crippen LogP contribution in [0.2, 0.25) is 0 Å². The molecule has 2 amide bonds. The first-order valence-corrected chi connectivity index (χ1v) is 7.50. The third-order valence-corrected chi connectivity index (χ3v) is 4.01. The van der Waals surface area contributed by atoms with Crippen LogP contribution in [0.15, 0.2) is 0 Å². The molecule has 19 heavy (non-hydrogen) atoms. The first-order chi connectivity index (χ1) is 9.22. The topological polar surface area (TPSA) is 52.7 Å². The number of nitrogens with one attached hydrogen (secondary N) is 1. The quantitative estimate of drug-likeness (QED) is 0.793. The Morgan fingerprint density at radius 3 is 2.95 bits per heavy atom. The molecular formula is C14H25N3O2. The molecule has 0 aliphatic carbocycles. The summed E-state index contributed by atoms with van der Waals surface area (Å²) in [6, 6.07) is 0.312. The van der Waals surface area contributed by atoms with E-state index in [0.717, 1.165) is 51.9 Å². The zero-order valence-corrected chi connectivity index (χ0v) is 11.9. The van der Waals surface area contributed by atoms with Gasteiger partial charge in [0.15, 0.2) is 0 Å². The Bertz CT molecular complexity index is 327. The number of carbonyl (C=O) groups is 2. The summed E-state index contributed by atoms with van der Waals surface area (Å²) in [4.78, 5) is 27.9. The lowest BCUT2D eigenvalue weighted by molar-refractivity contribution is -0.143. The van der Waals surface area contributed by atoms with Crippen LogP contribution in [0.1, 0.15) is 39.0 Å². The predicted molar refractivity (Wildman–Crippen MR) is 73.7 cm³/mol. The Morgan fingerprint density at radius 1 is 1.47 bits per heavy atom. The molecule has 108 valence electrons. The molecule has 1 unspecified atom stereocenters. The number of piperidine rings is 1. The Kier molecular flexibility index (Phi) is 5.19. The third-order valence-electron chi connectivity index (χ3n) is 4.01. The lowest BCUT2D eigenvalue weighted by atomic mass is 10.1. The van der Waals surface area contributed by atoms with E-state index in [0.29, 0.717) is 12.5 Å². The largest absolute Gasteiger partial charge is 0.337 e. The second-order valence-corrected chi connectivity index (χ2v) is 5.51. The second-order valence-electron chi connectivity index (χ2n) is 5.51. The summed E-state index contributed by atoms with van der Waals surface area (Å²) in [6.07, 6.45) is 4.59. The van der Waals surface area contributed by atoms with Crippen LogP contribution in [0.5, 0.6) is 0 Å². The van der Waals surface area contributed by atoms with E-state index in [4.69, 9.17) is 0 Å². The molecule has 0 saturated carbocycles. The van der Waals surface area contributed by atoms with Gasteiger partial charge in [-0.15, -0.1) is 0 Å². The smallest absolute Gasteiger partial charge is 0.242 e. The van der Waals surface area contributed by atoms with Gasteiger partial charge in [0.25, 0.3) is 0 Å². The van der Waals surface area contributed by atoms with Crippen LogP contribution in [-0.2, 0) is 9.59 Å². The average Bonchev–Trinajstić information content (AvgIpc) is 2.92. The highest BCUT2D eigenvalue weighted by atomic mass is 16.2. The number of nitrogens with zero attached hydrogens (tertiary/aromatic N) is 2. The van der Waals surface area contributed by atoms with Gasteiger partial charge in [-0.1, -0.05) is 6.92 Å². The van der Waals surface area contributed by atoms with Crippen molar-refractivity contribution in [1.82, 2.24) is 15.1 Å². The molecule has 1 atom stereocenters. The SMILES string of the molecule is CCCN(C(=O)CN1CCCCC1=O)C1CCNC1. The number of hydrogen-bond acceptors (Lipinski definition) is 3. The van der Waals surface area contributed by atoms with Gasteiger partial charge in [0, 0.05) is 32.1 Å². The zero-order valence-electron chi connectivity index (χ0n) is 11.9. The molecule has 2 aliphatic rings. The van der Waals surface area contributed by atoms with Gasteiger partial charge < -0.3 is 15.1 Å². The van der Waals surface area contributed by atoms with Gasteiger partial charge in [-0.25, -0.2) is 0 Å².